The largest absolute Gasteiger partial charge is 0.480 e. The number of hydrogen-bond acceptors (Lipinski definition) is 4. The molecule has 2 atom stereocenters. The van der Waals surface area contributed by atoms with Gasteiger partial charge in [0, 0.05) is 5.75 Å². The summed E-state index contributed by atoms with van der Waals surface area (Å²) in [5.41, 5.74) is 3.10. The summed E-state index contributed by atoms with van der Waals surface area (Å²) in [6.45, 7) is 7.52. The van der Waals surface area contributed by atoms with Gasteiger partial charge in [0.15, 0.2) is 0 Å². The van der Waals surface area contributed by atoms with Crippen LogP contribution in [0.15, 0.2) is 30.9 Å². The molecule has 1 aliphatic rings. The van der Waals surface area contributed by atoms with Crippen LogP contribution in [0.2, 0.25) is 0 Å². The highest BCUT2D eigenvalue weighted by molar-refractivity contribution is 7.99. The second kappa shape index (κ2) is 6.87. The van der Waals surface area contributed by atoms with Gasteiger partial charge in [0.2, 0.25) is 0 Å². The van der Waals surface area contributed by atoms with E-state index in [1.54, 1.807) is 0 Å². The fourth-order valence-electron chi connectivity index (χ4n) is 2.47. The number of carbonyl (C=O) groups is 2. The Kier molecular flexibility index (Phi) is 5.13. The Bertz CT molecular complexity index is 602. The normalized spacial score (nSPS) is 20.7. The SMILES string of the molecule is C=CCOC(=O)N1C(C(=O)O)CSC1c1ccc(C)cc1C. The number of nitrogens with zero attached hydrogens (tertiary/aromatic N) is 1. The Labute approximate surface area is 133 Å². The summed E-state index contributed by atoms with van der Waals surface area (Å²) in [5.74, 6) is -0.674. The van der Waals surface area contributed by atoms with E-state index in [0.717, 1.165) is 16.7 Å². The molecule has 0 radical (unpaired) electrons. The first-order valence-corrected chi connectivity index (χ1v) is 7.98. The van der Waals surface area contributed by atoms with Crippen LogP contribution in [0.4, 0.5) is 4.79 Å². The molecule has 1 fully saturated rings. The number of aliphatic carboxylic acids is 1. The molecule has 0 aromatic heterocycles. The van der Waals surface area contributed by atoms with Crippen LogP contribution >= 0.6 is 11.8 Å². The number of hydrogen-bond donors (Lipinski definition) is 1. The molecule has 5 nitrogen and oxygen atoms in total. The maximum Gasteiger partial charge on any atom is 0.412 e. The van der Waals surface area contributed by atoms with Gasteiger partial charge in [-0.2, -0.15) is 0 Å². The molecular weight excluding hydrogens is 302 g/mol. The molecule has 6 heteroatoms. The second-order valence-electron chi connectivity index (χ2n) is 5.17. The zero-order valence-electron chi connectivity index (χ0n) is 12.6. The molecule has 22 heavy (non-hydrogen) atoms. The van der Waals surface area contributed by atoms with Crippen LogP contribution in [0.25, 0.3) is 0 Å². The number of carbonyl (C=O) groups excluding carboxylic acids is 1. The van der Waals surface area contributed by atoms with Crippen molar-refractivity contribution in [3.05, 3.63) is 47.5 Å². The van der Waals surface area contributed by atoms with Gasteiger partial charge in [-0.25, -0.2) is 9.59 Å². The molecule has 118 valence electrons. The molecule has 2 rings (SSSR count). The van der Waals surface area contributed by atoms with Crippen LogP contribution in [0.5, 0.6) is 0 Å². The number of thioether (sulfide) groups is 1. The Morgan fingerprint density at radius 1 is 1.50 bits per heavy atom. The molecule has 1 saturated heterocycles. The first kappa shape index (κ1) is 16.4. The van der Waals surface area contributed by atoms with Crippen LogP contribution < -0.4 is 0 Å². The fourth-order valence-corrected chi connectivity index (χ4v) is 3.97. The van der Waals surface area contributed by atoms with Gasteiger partial charge in [0.1, 0.15) is 18.0 Å². The summed E-state index contributed by atoms with van der Waals surface area (Å²) >= 11 is 1.44. The van der Waals surface area contributed by atoms with E-state index in [0.29, 0.717) is 5.75 Å². The van der Waals surface area contributed by atoms with E-state index >= 15 is 0 Å². The third-order valence-corrected chi connectivity index (χ3v) is 4.82. The van der Waals surface area contributed by atoms with Crippen molar-refractivity contribution in [3.63, 3.8) is 0 Å². The van der Waals surface area contributed by atoms with E-state index in [-0.39, 0.29) is 12.0 Å². The number of carboxylic acids is 1. The van der Waals surface area contributed by atoms with E-state index < -0.39 is 18.1 Å². The highest BCUT2D eigenvalue weighted by atomic mass is 32.2. The van der Waals surface area contributed by atoms with Gasteiger partial charge < -0.3 is 9.84 Å². The molecule has 1 aromatic rings. The van der Waals surface area contributed by atoms with Gasteiger partial charge in [0.05, 0.1) is 0 Å². The van der Waals surface area contributed by atoms with Crippen molar-refractivity contribution in [2.45, 2.75) is 25.3 Å². The van der Waals surface area contributed by atoms with Gasteiger partial charge in [-0.15, -0.1) is 11.8 Å². The van der Waals surface area contributed by atoms with Crippen molar-refractivity contribution in [1.29, 1.82) is 0 Å². The highest BCUT2D eigenvalue weighted by Gasteiger charge is 2.43. The molecular formula is C16H19NO4S. The predicted molar refractivity (Wildman–Crippen MR) is 85.9 cm³/mol. The van der Waals surface area contributed by atoms with Crippen molar-refractivity contribution in [2.24, 2.45) is 0 Å². The Morgan fingerprint density at radius 3 is 2.82 bits per heavy atom. The topological polar surface area (TPSA) is 66.8 Å². The van der Waals surface area contributed by atoms with Crippen LogP contribution in [-0.4, -0.2) is 40.5 Å². The number of benzene rings is 1. The standard InChI is InChI=1S/C16H19NO4S/c1-4-7-21-16(20)17-13(15(18)19)9-22-14(17)12-6-5-10(2)8-11(12)3/h4-6,8,13-14H,1,7,9H2,2-3H3,(H,18,19). The number of aryl methyl sites for hydroxylation is 2. The average molecular weight is 321 g/mol. The quantitative estimate of drug-likeness (QED) is 0.863. The third kappa shape index (κ3) is 3.27. The van der Waals surface area contributed by atoms with Crippen LogP contribution in [-0.2, 0) is 9.53 Å². The van der Waals surface area contributed by atoms with Crippen LogP contribution in [0.1, 0.15) is 22.1 Å². The van der Waals surface area contributed by atoms with Crippen LogP contribution in [0, 0.1) is 13.8 Å². The van der Waals surface area contributed by atoms with Crippen molar-refractivity contribution in [3.8, 4) is 0 Å². The number of ether oxygens (including phenoxy) is 1. The number of rotatable bonds is 4. The minimum absolute atomic E-state index is 0.0614. The van der Waals surface area contributed by atoms with E-state index in [9.17, 15) is 14.7 Å². The first-order chi connectivity index (χ1) is 10.5. The van der Waals surface area contributed by atoms with Crippen LogP contribution in [0.3, 0.4) is 0 Å². The monoisotopic (exact) mass is 321 g/mol. The van der Waals surface area contributed by atoms with Gasteiger partial charge in [-0.3, -0.25) is 4.90 Å². The molecule has 1 aliphatic heterocycles. The smallest absolute Gasteiger partial charge is 0.412 e. The lowest BCUT2D eigenvalue weighted by atomic mass is 10.0. The Morgan fingerprint density at radius 2 is 2.23 bits per heavy atom. The number of carboxylic acid groups (broad SMARTS) is 1. The average Bonchev–Trinajstić information content (AvgIpc) is 2.89. The predicted octanol–water partition coefficient (Wildman–Crippen LogP) is 3.13. The van der Waals surface area contributed by atoms with E-state index in [4.69, 9.17) is 4.74 Å². The van der Waals surface area contributed by atoms with Gasteiger partial charge >= 0.3 is 12.1 Å². The van der Waals surface area contributed by atoms with E-state index in [1.807, 2.05) is 32.0 Å². The Balaban J connectivity index is 2.34. The van der Waals surface area contributed by atoms with Crippen molar-refractivity contribution in [2.75, 3.05) is 12.4 Å². The molecule has 0 saturated carbocycles. The highest BCUT2D eigenvalue weighted by Crippen LogP contribution is 2.43. The zero-order chi connectivity index (χ0) is 16.3. The summed E-state index contributed by atoms with van der Waals surface area (Å²) in [6, 6.07) is 5.05. The lowest BCUT2D eigenvalue weighted by molar-refractivity contribution is -0.141. The second-order valence-corrected chi connectivity index (χ2v) is 6.29. The summed E-state index contributed by atoms with van der Waals surface area (Å²) in [7, 11) is 0. The minimum atomic E-state index is -1.02. The minimum Gasteiger partial charge on any atom is -0.480 e. The zero-order valence-corrected chi connectivity index (χ0v) is 13.4. The van der Waals surface area contributed by atoms with Crippen molar-refractivity contribution < 1.29 is 19.4 Å². The maximum atomic E-state index is 12.3. The summed E-state index contributed by atoms with van der Waals surface area (Å²) < 4.78 is 5.06. The van der Waals surface area contributed by atoms with E-state index in [1.165, 1.54) is 22.7 Å². The molecule has 2 unspecified atom stereocenters. The van der Waals surface area contributed by atoms with Crippen molar-refractivity contribution in [1.82, 2.24) is 4.90 Å². The van der Waals surface area contributed by atoms with Gasteiger partial charge in [-0.05, 0) is 25.0 Å². The summed E-state index contributed by atoms with van der Waals surface area (Å²) in [4.78, 5) is 25.0. The third-order valence-electron chi connectivity index (χ3n) is 3.51. The summed E-state index contributed by atoms with van der Waals surface area (Å²) in [5, 5.41) is 9.01. The Hall–Kier alpha value is -1.95. The maximum absolute atomic E-state index is 12.3. The van der Waals surface area contributed by atoms with E-state index in [2.05, 4.69) is 6.58 Å². The number of amides is 1. The first-order valence-electron chi connectivity index (χ1n) is 6.93. The fraction of sp³-hybridized carbons (Fsp3) is 0.375. The molecule has 0 aliphatic carbocycles. The van der Waals surface area contributed by atoms with Crippen molar-refractivity contribution >= 4 is 23.8 Å². The lowest BCUT2D eigenvalue weighted by Gasteiger charge is -2.27. The summed E-state index contributed by atoms with van der Waals surface area (Å²) in [6.07, 6.45) is 0.838. The molecule has 0 bridgehead atoms. The molecule has 1 aromatic carbocycles. The molecule has 1 amide bonds. The van der Waals surface area contributed by atoms with Gasteiger partial charge in [-0.1, -0.05) is 36.4 Å². The molecule has 1 N–H and O–H groups in total. The molecule has 1 heterocycles. The van der Waals surface area contributed by atoms with Gasteiger partial charge in [0.25, 0.3) is 0 Å². The molecule has 0 spiro atoms. The lowest BCUT2D eigenvalue weighted by Crippen LogP contribution is -2.43.